The number of carbonyl (C=O) groups is 2. The Balaban J connectivity index is 1.38. The molecule has 9 nitrogen and oxygen atoms in total. The van der Waals surface area contributed by atoms with Crippen molar-refractivity contribution >= 4 is 17.7 Å². The molecule has 1 saturated heterocycles. The van der Waals surface area contributed by atoms with E-state index in [1.807, 2.05) is 24.3 Å². The van der Waals surface area contributed by atoms with Gasteiger partial charge in [-0.1, -0.05) is 5.21 Å². The molecule has 28 heavy (non-hydrogen) atoms. The molecule has 1 aromatic heterocycles. The molecule has 144 valence electrons. The Morgan fingerprint density at radius 3 is 2.79 bits per heavy atom. The number of amides is 2. The van der Waals surface area contributed by atoms with Crippen molar-refractivity contribution in [1.29, 1.82) is 0 Å². The molecule has 1 saturated carbocycles. The predicted molar refractivity (Wildman–Crippen MR) is 99.1 cm³/mol. The van der Waals surface area contributed by atoms with Crippen molar-refractivity contribution in [3.63, 3.8) is 0 Å². The molecule has 2 fully saturated rings. The van der Waals surface area contributed by atoms with Gasteiger partial charge in [-0.3, -0.25) is 9.69 Å². The number of carbonyl (C=O) groups excluding carboxylic acids is 2. The van der Waals surface area contributed by atoms with Crippen molar-refractivity contribution in [1.82, 2.24) is 20.3 Å². The van der Waals surface area contributed by atoms with Gasteiger partial charge in [0.1, 0.15) is 11.8 Å². The highest BCUT2D eigenvalue weighted by molar-refractivity contribution is 5.89. The molecule has 2 heterocycles. The smallest absolute Gasteiger partial charge is 0.414 e. The van der Waals surface area contributed by atoms with Crippen molar-refractivity contribution in [2.75, 3.05) is 11.4 Å². The van der Waals surface area contributed by atoms with Crippen LogP contribution in [0.1, 0.15) is 31.0 Å². The molecule has 1 aliphatic carbocycles. The Labute approximate surface area is 162 Å². The lowest BCUT2D eigenvalue weighted by atomic mass is 10.1. The zero-order valence-electron chi connectivity index (χ0n) is 15.5. The van der Waals surface area contributed by atoms with Gasteiger partial charge in [0.05, 0.1) is 25.8 Å². The molecule has 2 aliphatic rings. The van der Waals surface area contributed by atoms with Gasteiger partial charge in [0.25, 0.3) is 5.54 Å². The zero-order chi connectivity index (χ0) is 19.7. The Morgan fingerprint density at radius 2 is 2.14 bits per heavy atom. The van der Waals surface area contributed by atoms with E-state index in [-0.39, 0.29) is 17.6 Å². The van der Waals surface area contributed by atoms with E-state index in [1.165, 1.54) is 6.92 Å². The molecule has 0 unspecified atom stereocenters. The number of aromatic nitrogens is 3. The monoisotopic (exact) mass is 380 g/mol. The minimum Gasteiger partial charge on any atom is -0.442 e. The second kappa shape index (κ2) is 6.96. The Bertz CT molecular complexity index is 941. The number of nitrogens with zero attached hydrogens (tertiary/aromatic N) is 5. The summed E-state index contributed by atoms with van der Waals surface area (Å²) in [5.74, 6) is -0.134. The maximum atomic E-state index is 12.3. The van der Waals surface area contributed by atoms with Crippen LogP contribution in [0.3, 0.4) is 0 Å². The van der Waals surface area contributed by atoms with Crippen molar-refractivity contribution < 1.29 is 14.3 Å². The molecule has 1 aliphatic heterocycles. The molecule has 0 spiro atoms. The van der Waals surface area contributed by atoms with Crippen LogP contribution in [-0.2, 0) is 28.2 Å². The number of nitrogens with one attached hydrogen (secondary N) is 1. The van der Waals surface area contributed by atoms with Crippen molar-refractivity contribution in [2.45, 2.75) is 44.5 Å². The third-order valence-electron chi connectivity index (χ3n) is 5.02. The van der Waals surface area contributed by atoms with Gasteiger partial charge in [-0.15, -0.1) is 5.10 Å². The van der Waals surface area contributed by atoms with Crippen LogP contribution in [0.15, 0.2) is 30.5 Å². The van der Waals surface area contributed by atoms with E-state index in [4.69, 9.17) is 11.3 Å². The number of rotatable bonds is 6. The summed E-state index contributed by atoms with van der Waals surface area (Å²) in [7, 11) is 0. The Hall–Kier alpha value is -3.41. The summed E-state index contributed by atoms with van der Waals surface area (Å²) >= 11 is 0. The van der Waals surface area contributed by atoms with Gasteiger partial charge in [-0.2, -0.15) is 0 Å². The maximum Gasteiger partial charge on any atom is 0.414 e. The summed E-state index contributed by atoms with van der Waals surface area (Å²) in [6, 6.07) is 7.58. The van der Waals surface area contributed by atoms with Gasteiger partial charge < -0.3 is 14.9 Å². The van der Waals surface area contributed by atoms with Crippen molar-refractivity contribution in [3.05, 3.63) is 53.1 Å². The normalized spacial score (nSPS) is 19.8. The van der Waals surface area contributed by atoms with Crippen LogP contribution in [0.2, 0.25) is 0 Å². The van der Waals surface area contributed by atoms with E-state index in [0.29, 0.717) is 25.3 Å². The van der Waals surface area contributed by atoms with Crippen LogP contribution in [0.25, 0.3) is 4.85 Å². The number of anilines is 1. The van der Waals surface area contributed by atoms with E-state index in [2.05, 4.69) is 20.5 Å². The van der Waals surface area contributed by atoms with Crippen LogP contribution < -0.4 is 10.2 Å². The summed E-state index contributed by atoms with van der Waals surface area (Å²) in [6.45, 7) is 9.89. The highest BCUT2D eigenvalue weighted by atomic mass is 16.6. The molecule has 4 rings (SSSR count). The van der Waals surface area contributed by atoms with E-state index in [1.54, 1.807) is 15.8 Å². The fourth-order valence-electron chi connectivity index (χ4n) is 3.29. The summed E-state index contributed by atoms with van der Waals surface area (Å²) in [5.41, 5.74) is 2.04. The fraction of sp³-hybridized carbons (Fsp3) is 0.421. The molecule has 2 amide bonds. The molecule has 0 bridgehead atoms. The highest BCUT2D eigenvalue weighted by Gasteiger charge is 2.52. The largest absolute Gasteiger partial charge is 0.442 e. The number of hydrogen-bond acceptors (Lipinski definition) is 5. The summed E-state index contributed by atoms with van der Waals surface area (Å²) in [6.07, 6.45) is 2.76. The van der Waals surface area contributed by atoms with Gasteiger partial charge in [-0.05, 0) is 24.3 Å². The molecule has 1 N–H and O–H groups in total. The SMILES string of the molecule is [C-]#[N+]C1(c2ccc(N3C[C@H](Cn4cc(CNC(C)=O)nn4)OC3=O)cc2)CC1. The minimum atomic E-state index is -0.400. The molecule has 9 heteroatoms. The Kier molecular flexibility index (Phi) is 4.47. The standard InChI is InChI=1S/C19H20N6O3/c1-13(26)21-9-15-10-24(23-22-15)11-17-12-25(18(27)28-17)16-5-3-14(4-6-16)19(20-2)7-8-19/h3-6,10,17H,7-9,11-12H2,1H3,(H,21,26)/t17-/m0/s1. The number of hydrogen-bond donors (Lipinski definition) is 1. The van der Waals surface area contributed by atoms with Gasteiger partial charge in [0, 0.05) is 31.0 Å². The molecule has 1 atom stereocenters. The van der Waals surface area contributed by atoms with Crippen LogP contribution in [-0.4, -0.2) is 39.6 Å². The summed E-state index contributed by atoms with van der Waals surface area (Å²) in [4.78, 5) is 28.6. The maximum absolute atomic E-state index is 12.3. The quantitative estimate of drug-likeness (QED) is 0.772. The molecular weight excluding hydrogens is 360 g/mol. The lowest BCUT2D eigenvalue weighted by Gasteiger charge is -2.13. The van der Waals surface area contributed by atoms with Gasteiger partial charge in [-0.25, -0.2) is 16.0 Å². The van der Waals surface area contributed by atoms with Crippen molar-refractivity contribution in [2.24, 2.45) is 0 Å². The third kappa shape index (κ3) is 3.53. The third-order valence-corrected chi connectivity index (χ3v) is 5.02. The number of benzene rings is 1. The number of cyclic esters (lactones) is 1. The molecular formula is C19H20N6O3. The average Bonchev–Trinajstić information content (AvgIpc) is 3.23. The second-order valence-corrected chi connectivity index (χ2v) is 7.15. The lowest BCUT2D eigenvalue weighted by Crippen LogP contribution is -2.26. The van der Waals surface area contributed by atoms with Crippen LogP contribution >= 0.6 is 0 Å². The van der Waals surface area contributed by atoms with E-state index in [0.717, 1.165) is 24.1 Å². The number of ether oxygens (including phenoxy) is 1. The lowest BCUT2D eigenvalue weighted by molar-refractivity contribution is -0.119. The first kappa shape index (κ1) is 18.0. The topological polar surface area (TPSA) is 93.7 Å². The Morgan fingerprint density at radius 1 is 1.39 bits per heavy atom. The van der Waals surface area contributed by atoms with Crippen LogP contribution in [0.5, 0.6) is 0 Å². The van der Waals surface area contributed by atoms with E-state index >= 15 is 0 Å². The molecule has 1 aromatic carbocycles. The zero-order valence-corrected chi connectivity index (χ0v) is 15.5. The van der Waals surface area contributed by atoms with Gasteiger partial charge in [0.15, 0.2) is 0 Å². The van der Waals surface area contributed by atoms with E-state index in [9.17, 15) is 9.59 Å². The molecule has 0 radical (unpaired) electrons. The molecule has 2 aromatic rings. The van der Waals surface area contributed by atoms with Crippen LogP contribution in [0.4, 0.5) is 10.5 Å². The fourth-order valence-corrected chi connectivity index (χ4v) is 3.29. The summed E-state index contributed by atoms with van der Waals surface area (Å²) < 4.78 is 7.06. The second-order valence-electron chi connectivity index (χ2n) is 7.15. The average molecular weight is 380 g/mol. The first-order valence-corrected chi connectivity index (χ1v) is 9.10. The predicted octanol–water partition coefficient (Wildman–Crippen LogP) is 1.85. The minimum absolute atomic E-state index is 0.134. The van der Waals surface area contributed by atoms with Gasteiger partial charge in [0.2, 0.25) is 5.91 Å². The van der Waals surface area contributed by atoms with Crippen LogP contribution in [0, 0.1) is 6.57 Å². The highest BCUT2D eigenvalue weighted by Crippen LogP contribution is 2.49. The van der Waals surface area contributed by atoms with Gasteiger partial charge >= 0.3 is 6.09 Å². The van der Waals surface area contributed by atoms with Crippen molar-refractivity contribution in [3.8, 4) is 0 Å². The van der Waals surface area contributed by atoms with E-state index < -0.39 is 6.09 Å². The first-order valence-electron chi connectivity index (χ1n) is 9.10. The summed E-state index contributed by atoms with van der Waals surface area (Å²) in [5, 5.41) is 10.7. The first-order chi connectivity index (χ1) is 13.5.